The van der Waals surface area contributed by atoms with Crippen molar-refractivity contribution in [3.8, 4) is 66.8 Å². The Hall–Kier alpha value is -9.76. The smallest absolute Gasteiger partial charge is 0.143 e. The number of para-hydroxylation sites is 1. The fraction of sp³-hybridized carbons (Fsp3) is 0.0137. The first-order valence-corrected chi connectivity index (χ1v) is 25.8. The molecule has 1 aliphatic rings. The van der Waals surface area contributed by atoms with E-state index in [9.17, 15) is 0 Å². The number of nitrogens with zero attached hydrogens (tertiary/aromatic N) is 1. The Morgan fingerprint density at radius 2 is 0.693 bits per heavy atom. The van der Waals surface area contributed by atoms with Gasteiger partial charge in [-0.2, -0.15) is 0 Å². The third-order valence-electron chi connectivity index (χ3n) is 15.4. The average Bonchev–Trinajstić information content (AvgIpc) is 4.02. The van der Waals surface area contributed by atoms with Gasteiger partial charge in [-0.3, -0.25) is 0 Å². The first-order valence-electron chi connectivity index (χ1n) is 25.8. The van der Waals surface area contributed by atoms with Crippen molar-refractivity contribution in [2.75, 3.05) is 4.90 Å². The van der Waals surface area contributed by atoms with Gasteiger partial charge in [-0.15, -0.1) is 0 Å². The normalized spacial score (nSPS) is 12.4. The largest absolute Gasteiger partial charge is 0.455 e. The summed E-state index contributed by atoms with van der Waals surface area (Å²) in [6, 6.07) is 108. The van der Waals surface area contributed by atoms with Crippen molar-refractivity contribution in [1.82, 2.24) is 0 Å². The zero-order chi connectivity index (χ0) is 49.7. The second kappa shape index (κ2) is 18.4. The van der Waals surface area contributed by atoms with Crippen molar-refractivity contribution in [2.45, 2.75) is 5.41 Å². The summed E-state index contributed by atoms with van der Waals surface area (Å²) in [5.74, 6) is 0. The molecule has 14 rings (SSSR count). The van der Waals surface area contributed by atoms with Crippen LogP contribution in [0.5, 0.6) is 0 Å². The van der Waals surface area contributed by atoms with Gasteiger partial charge in [0.15, 0.2) is 0 Å². The Labute approximate surface area is 437 Å². The number of benzene rings is 12. The summed E-state index contributed by atoms with van der Waals surface area (Å²) in [7, 11) is 0. The predicted octanol–water partition coefficient (Wildman–Crippen LogP) is 19.8. The van der Waals surface area contributed by atoms with E-state index in [0.29, 0.717) is 0 Å². The van der Waals surface area contributed by atoms with Crippen LogP contribution in [0.25, 0.3) is 88.7 Å². The number of rotatable bonds is 10. The minimum Gasteiger partial charge on any atom is -0.455 e. The molecule has 75 heavy (non-hydrogen) atoms. The summed E-state index contributed by atoms with van der Waals surface area (Å²) in [5.41, 5.74) is 23.8. The standard InChI is InChI=1S/C73H49NO/c1-5-20-51(21-6-1)60-28-13-15-30-63(60)64-31-16-14-29-61(64)53-38-43-58(44-39-53)74(57-41-36-50(37-42-57)54-40-47-71-68(48-54)66-34-19-33-62(72(66)75-71)52-22-7-2-8-23-52)59-45-46-70-67(49-59)65-32-17-18-35-69(65)73(70,55-24-9-3-10-25-55)56-26-11-4-12-27-56/h1-49H. The summed E-state index contributed by atoms with van der Waals surface area (Å²) in [6.07, 6.45) is 0. The lowest BCUT2D eigenvalue weighted by Gasteiger charge is -2.34. The van der Waals surface area contributed by atoms with E-state index in [0.717, 1.165) is 66.8 Å². The molecule has 0 aliphatic heterocycles. The van der Waals surface area contributed by atoms with Crippen LogP contribution in [0.4, 0.5) is 17.1 Å². The number of fused-ring (bicyclic) bond motifs is 6. The molecule has 1 aliphatic carbocycles. The minimum atomic E-state index is -0.488. The highest BCUT2D eigenvalue weighted by atomic mass is 16.3. The molecule has 0 atom stereocenters. The van der Waals surface area contributed by atoms with Gasteiger partial charge in [0.2, 0.25) is 0 Å². The van der Waals surface area contributed by atoms with Crippen LogP contribution in [-0.4, -0.2) is 0 Å². The SMILES string of the molecule is c1ccc(-c2ccccc2-c2ccccc2-c2ccc(N(c3ccc(-c4ccc5oc6c(-c7ccccc7)cccc6c5c4)cc3)c3ccc4c(c3)-c3ccccc3C4(c3ccccc3)c3ccccc3)cc2)cc1. The van der Waals surface area contributed by atoms with Gasteiger partial charge in [0.1, 0.15) is 11.2 Å². The maximum absolute atomic E-state index is 6.58. The van der Waals surface area contributed by atoms with Crippen LogP contribution in [0.3, 0.4) is 0 Å². The molecule has 0 saturated heterocycles. The summed E-state index contributed by atoms with van der Waals surface area (Å²) in [6.45, 7) is 0. The molecule has 2 heteroatoms. The lowest BCUT2D eigenvalue weighted by molar-refractivity contribution is 0.670. The number of furan rings is 1. The molecule has 12 aromatic carbocycles. The zero-order valence-corrected chi connectivity index (χ0v) is 41.1. The third kappa shape index (κ3) is 7.41. The second-order valence-electron chi connectivity index (χ2n) is 19.5. The molecular formula is C73H49NO. The number of hydrogen-bond donors (Lipinski definition) is 0. The van der Waals surface area contributed by atoms with E-state index < -0.39 is 5.41 Å². The summed E-state index contributed by atoms with van der Waals surface area (Å²) < 4.78 is 6.58. The topological polar surface area (TPSA) is 16.4 Å². The number of anilines is 3. The Bertz CT molecular complexity index is 4160. The van der Waals surface area contributed by atoms with Crippen LogP contribution in [0.1, 0.15) is 22.3 Å². The first-order chi connectivity index (χ1) is 37.2. The van der Waals surface area contributed by atoms with Gasteiger partial charge in [0, 0.05) is 33.4 Å². The molecule has 0 spiro atoms. The maximum Gasteiger partial charge on any atom is 0.143 e. The Balaban J connectivity index is 0.899. The van der Waals surface area contributed by atoms with Gasteiger partial charge in [0.05, 0.1) is 5.41 Å². The highest BCUT2D eigenvalue weighted by Crippen LogP contribution is 2.57. The van der Waals surface area contributed by atoms with E-state index in [2.05, 4.69) is 302 Å². The average molecular weight is 956 g/mol. The van der Waals surface area contributed by atoms with Gasteiger partial charge in [-0.05, 0) is 132 Å². The summed E-state index contributed by atoms with van der Waals surface area (Å²) in [4.78, 5) is 2.41. The highest BCUT2D eigenvalue weighted by molar-refractivity contribution is 6.10. The van der Waals surface area contributed by atoms with E-state index >= 15 is 0 Å². The molecule has 0 amide bonds. The van der Waals surface area contributed by atoms with Gasteiger partial charge in [-0.25, -0.2) is 0 Å². The van der Waals surface area contributed by atoms with Crippen LogP contribution in [-0.2, 0) is 5.41 Å². The molecule has 13 aromatic rings. The predicted molar refractivity (Wildman–Crippen MR) is 313 cm³/mol. The molecule has 0 radical (unpaired) electrons. The Kier molecular flexibility index (Phi) is 10.8. The van der Waals surface area contributed by atoms with Gasteiger partial charge in [0.25, 0.3) is 0 Å². The monoisotopic (exact) mass is 955 g/mol. The Morgan fingerprint density at radius 3 is 1.29 bits per heavy atom. The van der Waals surface area contributed by atoms with Crippen LogP contribution in [0.15, 0.2) is 302 Å². The zero-order valence-electron chi connectivity index (χ0n) is 41.1. The van der Waals surface area contributed by atoms with Crippen LogP contribution >= 0.6 is 0 Å². The van der Waals surface area contributed by atoms with E-state index in [4.69, 9.17) is 4.42 Å². The van der Waals surface area contributed by atoms with Crippen molar-refractivity contribution < 1.29 is 4.42 Å². The molecule has 2 nitrogen and oxygen atoms in total. The van der Waals surface area contributed by atoms with Crippen molar-refractivity contribution in [2.24, 2.45) is 0 Å². The van der Waals surface area contributed by atoms with Gasteiger partial charge >= 0.3 is 0 Å². The van der Waals surface area contributed by atoms with Gasteiger partial charge in [-0.1, -0.05) is 249 Å². The molecular weight excluding hydrogens is 907 g/mol. The maximum atomic E-state index is 6.58. The fourth-order valence-corrected chi connectivity index (χ4v) is 12.0. The highest BCUT2D eigenvalue weighted by Gasteiger charge is 2.46. The molecule has 1 heterocycles. The van der Waals surface area contributed by atoms with E-state index in [1.807, 2.05) is 0 Å². The van der Waals surface area contributed by atoms with Crippen molar-refractivity contribution in [1.29, 1.82) is 0 Å². The lowest BCUT2D eigenvalue weighted by Crippen LogP contribution is -2.28. The van der Waals surface area contributed by atoms with Crippen molar-refractivity contribution in [3.05, 3.63) is 320 Å². The second-order valence-corrected chi connectivity index (χ2v) is 19.5. The molecule has 352 valence electrons. The molecule has 0 unspecified atom stereocenters. The Morgan fingerprint density at radius 1 is 0.253 bits per heavy atom. The minimum absolute atomic E-state index is 0.488. The van der Waals surface area contributed by atoms with E-state index in [1.165, 1.54) is 61.2 Å². The summed E-state index contributed by atoms with van der Waals surface area (Å²) >= 11 is 0. The summed E-state index contributed by atoms with van der Waals surface area (Å²) in [5, 5.41) is 2.22. The fourth-order valence-electron chi connectivity index (χ4n) is 12.0. The van der Waals surface area contributed by atoms with E-state index in [1.54, 1.807) is 0 Å². The third-order valence-corrected chi connectivity index (χ3v) is 15.4. The van der Waals surface area contributed by atoms with Crippen LogP contribution < -0.4 is 4.90 Å². The molecule has 0 bridgehead atoms. The molecule has 0 saturated carbocycles. The van der Waals surface area contributed by atoms with Gasteiger partial charge < -0.3 is 9.32 Å². The van der Waals surface area contributed by atoms with E-state index in [-0.39, 0.29) is 0 Å². The first kappa shape index (κ1) is 44.0. The molecule has 0 fully saturated rings. The van der Waals surface area contributed by atoms with Crippen LogP contribution in [0.2, 0.25) is 0 Å². The molecule has 0 N–H and O–H groups in total. The molecule has 1 aromatic heterocycles. The quantitative estimate of drug-likeness (QED) is 0.136. The van der Waals surface area contributed by atoms with Crippen molar-refractivity contribution >= 4 is 39.0 Å². The van der Waals surface area contributed by atoms with Crippen LogP contribution in [0, 0.1) is 0 Å². The van der Waals surface area contributed by atoms with Crippen molar-refractivity contribution in [3.63, 3.8) is 0 Å². The lowest BCUT2D eigenvalue weighted by atomic mass is 9.68. The number of hydrogen-bond acceptors (Lipinski definition) is 2.